The molecule has 1 aliphatic rings. The van der Waals surface area contributed by atoms with Gasteiger partial charge in [-0.2, -0.15) is 0 Å². The van der Waals surface area contributed by atoms with Crippen LogP contribution in [0, 0.1) is 0 Å². The second-order valence-electron chi connectivity index (χ2n) is 4.81. The Morgan fingerprint density at radius 3 is 2.75 bits per heavy atom. The summed E-state index contributed by atoms with van der Waals surface area (Å²) < 4.78 is 15.7. The van der Waals surface area contributed by atoms with E-state index in [2.05, 4.69) is 15.3 Å². The van der Waals surface area contributed by atoms with Gasteiger partial charge in [-0.05, 0) is 12.8 Å². The van der Waals surface area contributed by atoms with Gasteiger partial charge in [0.1, 0.15) is 0 Å². The molecule has 1 aliphatic carbocycles. The number of hydrogen-bond donors (Lipinski definition) is 1. The summed E-state index contributed by atoms with van der Waals surface area (Å²) in [5.41, 5.74) is 0.951. The van der Waals surface area contributed by atoms with E-state index in [9.17, 15) is 0 Å². The lowest BCUT2D eigenvalue weighted by atomic mass is 10.4. The van der Waals surface area contributed by atoms with E-state index in [1.165, 1.54) is 12.8 Å². The first-order chi connectivity index (χ1) is 9.88. The molecule has 1 heterocycles. The Hall–Kier alpha value is -1.24. The monoisotopic (exact) mass is 281 g/mol. The number of ether oxygens (including phenoxy) is 3. The summed E-state index contributed by atoms with van der Waals surface area (Å²) in [4.78, 5) is 8.56. The van der Waals surface area contributed by atoms with E-state index in [-0.39, 0.29) is 0 Å². The Balaban J connectivity index is 1.53. The third-order valence-electron chi connectivity index (χ3n) is 2.95. The van der Waals surface area contributed by atoms with Crippen LogP contribution in [0.1, 0.15) is 25.0 Å². The van der Waals surface area contributed by atoms with Crippen LogP contribution in [0.2, 0.25) is 0 Å². The smallest absolute Gasteiger partial charge is 0.232 e. The third kappa shape index (κ3) is 6.27. The van der Waals surface area contributed by atoms with Gasteiger partial charge in [-0.1, -0.05) is 0 Å². The van der Waals surface area contributed by atoms with Crippen LogP contribution < -0.4 is 10.1 Å². The number of rotatable bonds is 11. The predicted octanol–water partition coefficient (Wildman–Crippen LogP) is 1.16. The first-order valence-corrected chi connectivity index (χ1v) is 7.12. The van der Waals surface area contributed by atoms with Crippen LogP contribution in [-0.4, -0.2) is 49.5 Å². The molecule has 0 spiro atoms. The van der Waals surface area contributed by atoms with Crippen molar-refractivity contribution in [2.24, 2.45) is 0 Å². The molecule has 0 radical (unpaired) electrons. The van der Waals surface area contributed by atoms with Crippen molar-refractivity contribution < 1.29 is 14.2 Å². The molecule has 6 heteroatoms. The number of nitrogens with zero attached hydrogens (tertiary/aromatic N) is 2. The highest BCUT2D eigenvalue weighted by Gasteiger charge is 2.20. The zero-order valence-corrected chi connectivity index (χ0v) is 12.0. The highest BCUT2D eigenvalue weighted by atomic mass is 16.5. The molecule has 0 saturated heterocycles. The first-order valence-electron chi connectivity index (χ1n) is 7.12. The number of aromatic nitrogens is 2. The fourth-order valence-electron chi connectivity index (χ4n) is 1.63. The zero-order chi connectivity index (χ0) is 14.0. The molecule has 0 bridgehead atoms. The second-order valence-corrected chi connectivity index (χ2v) is 4.81. The molecule has 6 nitrogen and oxygen atoms in total. The molecule has 1 N–H and O–H groups in total. The minimum Gasteiger partial charge on any atom is -0.476 e. The van der Waals surface area contributed by atoms with Gasteiger partial charge in [0, 0.05) is 32.7 Å². The van der Waals surface area contributed by atoms with Gasteiger partial charge in [-0.15, -0.1) is 0 Å². The minimum absolute atomic E-state index is 0.567. The molecule has 0 amide bonds. The van der Waals surface area contributed by atoms with Gasteiger partial charge in [0.05, 0.1) is 37.9 Å². The van der Waals surface area contributed by atoms with Gasteiger partial charge in [0.25, 0.3) is 0 Å². The molecule has 112 valence electrons. The topological polar surface area (TPSA) is 65.5 Å². The average molecular weight is 281 g/mol. The van der Waals surface area contributed by atoms with E-state index in [1.54, 1.807) is 19.5 Å². The van der Waals surface area contributed by atoms with Crippen molar-refractivity contribution in [1.29, 1.82) is 0 Å². The quantitative estimate of drug-likeness (QED) is 0.614. The molecule has 0 atom stereocenters. The van der Waals surface area contributed by atoms with Gasteiger partial charge >= 0.3 is 0 Å². The second kappa shape index (κ2) is 8.84. The van der Waals surface area contributed by atoms with E-state index < -0.39 is 0 Å². The molecular formula is C14H23N3O3. The molecule has 2 rings (SSSR count). The Morgan fingerprint density at radius 2 is 2.05 bits per heavy atom. The van der Waals surface area contributed by atoms with Gasteiger partial charge < -0.3 is 19.5 Å². The van der Waals surface area contributed by atoms with Crippen LogP contribution >= 0.6 is 0 Å². The Labute approximate surface area is 119 Å². The third-order valence-corrected chi connectivity index (χ3v) is 2.95. The zero-order valence-electron chi connectivity index (χ0n) is 12.0. The van der Waals surface area contributed by atoms with Crippen molar-refractivity contribution in [3.63, 3.8) is 0 Å². The summed E-state index contributed by atoms with van der Waals surface area (Å²) in [5, 5.41) is 3.40. The van der Waals surface area contributed by atoms with Crippen molar-refractivity contribution in [1.82, 2.24) is 15.3 Å². The minimum atomic E-state index is 0.567. The molecule has 0 unspecified atom stereocenters. The van der Waals surface area contributed by atoms with Crippen LogP contribution in [0.25, 0.3) is 0 Å². The van der Waals surface area contributed by atoms with Crippen LogP contribution in [-0.2, 0) is 16.0 Å². The van der Waals surface area contributed by atoms with Crippen LogP contribution in [0.5, 0.6) is 5.88 Å². The first kappa shape index (κ1) is 15.2. The Bertz CT molecular complexity index is 368. The fourth-order valence-corrected chi connectivity index (χ4v) is 1.63. The molecule has 0 aliphatic heterocycles. The number of hydrogen-bond acceptors (Lipinski definition) is 6. The van der Waals surface area contributed by atoms with Gasteiger partial charge in [0.15, 0.2) is 0 Å². The largest absolute Gasteiger partial charge is 0.476 e. The SMILES string of the molecule is COCCOCCCOc1cnc(CNC2CC2)cn1. The maximum atomic E-state index is 5.50. The summed E-state index contributed by atoms with van der Waals surface area (Å²) in [6.07, 6.45) is 6.83. The molecule has 1 aromatic heterocycles. The van der Waals surface area contributed by atoms with E-state index in [4.69, 9.17) is 14.2 Å². The predicted molar refractivity (Wildman–Crippen MR) is 74.7 cm³/mol. The fraction of sp³-hybridized carbons (Fsp3) is 0.714. The Kier molecular flexibility index (Phi) is 6.70. The maximum Gasteiger partial charge on any atom is 0.232 e. The van der Waals surface area contributed by atoms with Gasteiger partial charge in [-0.25, -0.2) is 4.98 Å². The number of methoxy groups -OCH3 is 1. The summed E-state index contributed by atoms with van der Waals surface area (Å²) in [5.74, 6) is 0.567. The molecule has 1 fully saturated rings. The van der Waals surface area contributed by atoms with Crippen LogP contribution in [0.3, 0.4) is 0 Å². The standard InChI is InChI=1S/C14H23N3O3/c1-18-7-8-19-5-2-6-20-14-11-16-13(10-17-14)9-15-12-3-4-12/h10-12,15H,2-9H2,1H3. The lowest BCUT2D eigenvalue weighted by Gasteiger charge is -2.06. The van der Waals surface area contributed by atoms with Crippen molar-refractivity contribution >= 4 is 0 Å². The van der Waals surface area contributed by atoms with Crippen molar-refractivity contribution in [2.45, 2.75) is 31.8 Å². The summed E-state index contributed by atoms with van der Waals surface area (Å²) in [7, 11) is 1.66. The normalized spacial score (nSPS) is 14.4. The number of nitrogens with one attached hydrogen (secondary N) is 1. The summed E-state index contributed by atoms with van der Waals surface area (Å²) in [6, 6.07) is 0.686. The average Bonchev–Trinajstić information content (AvgIpc) is 3.30. The molecule has 0 aromatic carbocycles. The van der Waals surface area contributed by atoms with Crippen molar-refractivity contribution in [2.75, 3.05) is 33.5 Å². The van der Waals surface area contributed by atoms with E-state index in [0.29, 0.717) is 38.3 Å². The molecule has 1 aromatic rings. The van der Waals surface area contributed by atoms with Crippen LogP contribution in [0.15, 0.2) is 12.4 Å². The lowest BCUT2D eigenvalue weighted by molar-refractivity contribution is 0.0642. The summed E-state index contributed by atoms with van der Waals surface area (Å²) in [6.45, 7) is 3.29. The molecule has 1 saturated carbocycles. The highest BCUT2D eigenvalue weighted by molar-refractivity contribution is 5.07. The summed E-state index contributed by atoms with van der Waals surface area (Å²) >= 11 is 0. The van der Waals surface area contributed by atoms with E-state index >= 15 is 0 Å². The molecule has 20 heavy (non-hydrogen) atoms. The highest BCUT2D eigenvalue weighted by Crippen LogP contribution is 2.19. The van der Waals surface area contributed by atoms with E-state index in [1.807, 2.05) is 0 Å². The maximum absolute atomic E-state index is 5.50. The Morgan fingerprint density at radius 1 is 1.15 bits per heavy atom. The molecular weight excluding hydrogens is 258 g/mol. The van der Waals surface area contributed by atoms with Crippen molar-refractivity contribution in [3.05, 3.63) is 18.1 Å². The van der Waals surface area contributed by atoms with Gasteiger partial charge in [-0.3, -0.25) is 4.98 Å². The lowest BCUT2D eigenvalue weighted by Crippen LogP contribution is -2.16. The van der Waals surface area contributed by atoms with Gasteiger partial charge in [0.2, 0.25) is 5.88 Å². The van der Waals surface area contributed by atoms with Crippen molar-refractivity contribution in [3.8, 4) is 5.88 Å². The van der Waals surface area contributed by atoms with E-state index in [0.717, 1.165) is 18.7 Å². The van der Waals surface area contributed by atoms with Crippen LogP contribution in [0.4, 0.5) is 0 Å².